The first kappa shape index (κ1) is 19.4. The van der Waals surface area contributed by atoms with Crippen LogP contribution in [0.3, 0.4) is 0 Å². The van der Waals surface area contributed by atoms with Crippen molar-refractivity contribution < 1.29 is 14.3 Å². The van der Waals surface area contributed by atoms with Crippen LogP contribution in [0.2, 0.25) is 5.02 Å². The Morgan fingerprint density at radius 3 is 2.58 bits per heavy atom. The van der Waals surface area contributed by atoms with Crippen LogP contribution >= 0.6 is 11.6 Å². The van der Waals surface area contributed by atoms with Crippen molar-refractivity contribution in [1.82, 2.24) is 4.57 Å². The van der Waals surface area contributed by atoms with Crippen LogP contribution in [-0.4, -0.2) is 23.4 Å². The average molecular weight is 431 g/mol. The summed E-state index contributed by atoms with van der Waals surface area (Å²) in [6.45, 7) is 0.603. The smallest absolute Gasteiger partial charge is 0.344 e. The van der Waals surface area contributed by atoms with E-state index in [-0.39, 0.29) is 5.78 Å². The van der Waals surface area contributed by atoms with Gasteiger partial charge in [0.1, 0.15) is 0 Å². The molecule has 31 heavy (non-hydrogen) atoms. The van der Waals surface area contributed by atoms with Gasteiger partial charge in [0.25, 0.3) is 0 Å². The van der Waals surface area contributed by atoms with E-state index in [1.165, 1.54) is 7.11 Å². The first-order chi connectivity index (χ1) is 15.0. The molecule has 3 aromatic carbocycles. The molecule has 1 N–H and O–H groups in total. The predicted molar refractivity (Wildman–Crippen MR) is 121 cm³/mol. The highest BCUT2D eigenvalue weighted by Crippen LogP contribution is 2.44. The summed E-state index contributed by atoms with van der Waals surface area (Å²) in [7, 11) is 1.29. The highest BCUT2D eigenvalue weighted by Gasteiger charge is 2.55. The number of ether oxygens (including phenoxy) is 1. The van der Waals surface area contributed by atoms with Gasteiger partial charge in [0.15, 0.2) is 0 Å². The minimum atomic E-state index is -1.68. The Hall–Kier alpha value is -3.57. The number of Topliss-reactive ketones (excluding diaryl/α,β-unsaturated/α-hetero) is 1. The Balaban J connectivity index is 1.73. The maximum Gasteiger partial charge on any atom is 0.344 e. The van der Waals surface area contributed by atoms with E-state index >= 15 is 0 Å². The fraction of sp³-hybridized carbons (Fsp3) is 0.120. The number of esters is 1. The molecule has 1 atom stereocenters. The Labute approximate surface area is 184 Å². The summed E-state index contributed by atoms with van der Waals surface area (Å²) in [5, 5.41) is 4.44. The van der Waals surface area contributed by atoms with Crippen LogP contribution in [0.25, 0.3) is 10.9 Å². The highest BCUT2D eigenvalue weighted by atomic mass is 35.5. The van der Waals surface area contributed by atoms with Crippen molar-refractivity contribution in [1.29, 1.82) is 0 Å². The van der Waals surface area contributed by atoms with Crippen molar-refractivity contribution >= 4 is 39.9 Å². The van der Waals surface area contributed by atoms with Gasteiger partial charge < -0.3 is 14.6 Å². The third-order valence-electron chi connectivity index (χ3n) is 5.77. The minimum Gasteiger partial charge on any atom is -0.467 e. The second kappa shape index (κ2) is 7.29. The molecule has 0 aliphatic carbocycles. The van der Waals surface area contributed by atoms with Crippen molar-refractivity contribution in [2.75, 3.05) is 12.4 Å². The molecule has 0 radical (unpaired) electrons. The first-order valence-electron chi connectivity index (χ1n) is 9.88. The van der Waals surface area contributed by atoms with Crippen LogP contribution in [0.5, 0.6) is 0 Å². The monoisotopic (exact) mass is 430 g/mol. The van der Waals surface area contributed by atoms with E-state index in [2.05, 4.69) is 9.88 Å². The lowest BCUT2D eigenvalue weighted by atomic mass is 9.85. The predicted octanol–water partition coefficient (Wildman–Crippen LogP) is 5.02. The molecule has 0 saturated heterocycles. The van der Waals surface area contributed by atoms with Gasteiger partial charge in [0.05, 0.1) is 7.11 Å². The Kier molecular flexibility index (Phi) is 4.56. The zero-order valence-corrected chi connectivity index (χ0v) is 17.5. The lowest BCUT2D eigenvalue weighted by Gasteiger charge is -2.25. The van der Waals surface area contributed by atoms with Gasteiger partial charge in [0, 0.05) is 45.5 Å². The maximum absolute atomic E-state index is 13.6. The molecule has 6 heteroatoms. The molecule has 5 rings (SSSR count). The summed E-state index contributed by atoms with van der Waals surface area (Å²) < 4.78 is 7.19. The number of carbonyl (C=O) groups is 2. The topological polar surface area (TPSA) is 60.3 Å². The van der Waals surface area contributed by atoms with E-state index in [0.717, 1.165) is 16.5 Å². The number of nitrogens with one attached hydrogen (secondary N) is 1. The number of hydrogen-bond donors (Lipinski definition) is 1. The summed E-state index contributed by atoms with van der Waals surface area (Å²) in [5.74, 6) is -1.01. The number of aromatic nitrogens is 1. The van der Waals surface area contributed by atoms with Gasteiger partial charge in [-0.2, -0.15) is 0 Å². The second-order valence-electron chi connectivity index (χ2n) is 7.56. The Bertz CT molecular complexity index is 1330. The molecule has 1 aliphatic rings. The molecule has 0 bridgehead atoms. The molecular weight excluding hydrogens is 412 g/mol. The number of benzene rings is 3. The molecule has 0 amide bonds. The van der Waals surface area contributed by atoms with E-state index in [9.17, 15) is 9.59 Å². The van der Waals surface area contributed by atoms with Crippen molar-refractivity contribution in [3.8, 4) is 0 Å². The van der Waals surface area contributed by atoms with Gasteiger partial charge in [-0.3, -0.25) is 4.79 Å². The number of fused-ring (bicyclic) bond motifs is 2. The van der Waals surface area contributed by atoms with Crippen molar-refractivity contribution in [2.24, 2.45) is 0 Å². The molecule has 0 fully saturated rings. The van der Waals surface area contributed by atoms with Crippen molar-refractivity contribution in [3.63, 3.8) is 0 Å². The largest absolute Gasteiger partial charge is 0.467 e. The van der Waals surface area contributed by atoms with Gasteiger partial charge >= 0.3 is 5.97 Å². The number of anilines is 1. The summed E-state index contributed by atoms with van der Waals surface area (Å²) >= 11 is 6.14. The van der Waals surface area contributed by atoms with Crippen molar-refractivity contribution in [2.45, 2.75) is 12.1 Å². The summed E-state index contributed by atoms with van der Waals surface area (Å²) in [4.78, 5) is 26.8. The standard InChI is InChI=1S/C25H19ClN2O3/c1-31-24(30)25(23(29)19-12-11-17(26)13-21(19)27-25)20-15-28(14-16-7-3-2-4-8-16)22-10-6-5-9-18(20)22/h2-13,15,27H,14H2,1H3. The molecule has 154 valence electrons. The molecule has 2 heterocycles. The molecule has 0 saturated carbocycles. The normalized spacial score (nSPS) is 17.4. The number of para-hydroxylation sites is 1. The van der Waals surface area contributed by atoms with Crippen LogP contribution in [0.1, 0.15) is 21.5 Å². The average Bonchev–Trinajstić information content (AvgIpc) is 3.30. The Morgan fingerprint density at radius 1 is 1.06 bits per heavy atom. The summed E-state index contributed by atoms with van der Waals surface area (Å²) in [6.07, 6.45) is 1.87. The summed E-state index contributed by atoms with van der Waals surface area (Å²) in [5.41, 5.74) is 1.85. The van der Waals surface area contributed by atoms with Gasteiger partial charge in [-0.1, -0.05) is 60.1 Å². The number of nitrogens with zero attached hydrogens (tertiary/aromatic N) is 1. The van der Waals surface area contributed by atoms with Crippen LogP contribution in [0, 0.1) is 0 Å². The zero-order valence-electron chi connectivity index (χ0n) is 16.8. The maximum atomic E-state index is 13.6. The van der Waals surface area contributed by atoms with Gasteiger partial charge in [0.2, 0.25) is 11.3 Å². The van der Waals surface area contributed by atoms with Gasteiger partial charge in [-0.15, -0.1) is 0 Å². The molecule has 0 spiro atoms. The van der Waals surface area contributed by atoms with Crippen LogP contribution in [0.4, 0.5) is 5.69 Å². The molecule has 5 nitrogen and oxygen atoms in total. The fourth-order valence-corrected chi connectivity index (χ4v) is 4.50. The number of methoxy groups -OCH3 is 1. The molecular formula is C25H19ClN2O3. The third-order valence-corrected chi connectivity index (χ3v) is 6.00. The summed E-state index contributed by atoms with van der Waals surface area (Å²) in [6, 6.07) is 22.7. The SMILES string of the molecule is COC(=O)C1(c2cn(Cc3ccccc3)c3ccccc23)Nc2cc(Cl)ccc2C1=O. The third kappa shape index (κ3) is 2.93. The van der Waals surface area contributed by atoms with Crippen molar-refractivity contribution in [3.05, 3.63) is 101 Å². The number of ketones is 1. The number of carbonyl (C=O) groups excluding carboxylic acids is 2. The molecule has 1 aromatic heterocycles. The second-order valence-corrected chi connectivity index (χ2v) is 8.00. The van der Waals surface area contributed by atoms with E-state index in [4.69, 9.17) is 16.3 Å². The van der Waals surface area contributed by atoms with E-state index in [0.29, 0.717) is 28.4 Å². The lowest BCUT2D eigenvalue weighted by molar-refractivity contribution is -0.144. The number of halogens is 1. The molecule has 1 aliphatic heterocycles. The highest BCUT2D eigenvalue weighted by molar-refractivity contribution is 6.32. The molecule has 1 unspecified atom stereocenters. The Morgan fingerprint density at radius 2 is 1.81 bits per heavy atom. The van der Waals surface area contributed by atoms with E-state index in [1.54, 1.807) is 18.2 Å². The lowest BCUT2D eigenvalue weighted by Crippen LogP contribution is -2.47. The van der Waals surface area contributed by atoms with Gasteiger partial charge in [-0.05, 0) is 29.8 Å². The van der Waals surface area contributed by atoms with Crippen LogP contribution < -0.4 is 5.32 Å². The van der Waals surface area contributed by atoms with E-state index in [1.807, 2.05) is 60.8 Å². The molecule has 4 aromatic rings. The minimum absolute atomic E-state index is 0.353. The quantitative estimate of drug-likeness (QED) is 0.365. The van der Waals surface area contributed by atoms with Crippen LogP contribution in [-0.2, 0) is 21.6 Å². The van der Waals surface area contributed by atoms with Crippen LogP contribution in [0.15, 0.2) is 79.0 Å². The first-order valence-corrected chi connectivity index (χ1v) is 10.3. The number of rotatable bonds is 4. The van der Waals surface area contributed by atoms with Gasteiger partial charge in [-0.25, -0.2) is 4.79 Å². The number of hydrogen-bond acceptors (Lipinski definition) is 4. The fourth-order valence-electron chi connectivity index (χ4n) is 4.33. The van der Waals surface area contributed by atoms with E-state index < -0.39 is 11.5 Å². The zero-order chi connectivity index (χ0) is 21.6.